The first kappa shape index (κ1) is 14.8. The molecule has 0 atom stereocenters. The Morgan fingerprint density at radius 3 is 2.59 bits per heavy atom. The van der Waals surface area contributed by atoms with E-state index in [1.54, 1.807) is 23.5 Å². The number of thiophene rings is 1. The maximum atomic E-state index is 12.1. The molecule has 0 saturated carbocycles. The lowest BCUT2D eigenvalue weighted by Gasteiger charge is -2.04. The summed E-state index contributed by atoms with van der Waals surface area (Å²) in [5.74, 6) is 0. The van der Waals surface area contributed by atoms with Gasteiger partial charge in [-0.3, -0.25) is 4.72 Å². The van der Waals surface area contributed by atoms with Gasteiger partial charge in [0, 0.05) is 10.4 Å². The maximum absolute atomic E-state index is 12.1. The van der Waals surface area contributed by atoms with Crippen molar-refractivity contribution < 1.29 is 8.42 Å². The third-order valence-electron chi connectivity index (χ3n) is 3.23. The Hall–Kier alpha value is -2.11. The normalized spacial score (nSPS) is 12.0. The van der Waals surface area contributed by atoms with E-state index in [0.717, 1.165) is 21.2 Å². The molecule has 5 heteroatoms. The first-order valence-electron chi connectivity index (χ1n) is 6.77. The van der Waals surface area contributed by atoms with Crippen molar-refractivity contribution >= 4 is 43.2 Å². The van der Waals surface area contributed by atoms with Gasteiger partial charge in [-0.2, -0.15) is 0 Å². The van der Waals surface area contributed by atoms with E-state index in [1.807, 2.05) is 54.8 Å². The second-order valence-electron chi connectivity index (χ2n) is 5.03. The van der Waals surface area contributed by atoms with Crippen LogP contribution < -0.4 is 4.72 Å². The van der Waals surface area contributed by atoms with Crippen molar-refractivity contribution in [3.8, 4) is 0 Å². The predicted molar refractivity (Wildman–Crippen MR) is 94.6 cm³/mol. The molecular weight excluding hydrogens is 314 g/mol. The van der Waals surface area contributed by atoms with Crippen LogP contribution in [-0.4, -0.2) is 8.42 Å². The summed E-state index contributed by atoms with van der Waals surface area (Å²) in [6.07, 6.45) is 1.59. The Morgan fingerprint density at radius 1 is 1.05 bits per heavy atom. The molecule has 1 heterocycles. The molecule has 3 aromatic rings. The molecular formula is C17H15NO2S2. The van der Waals surface area contributed by atoms with Crippen molar-refractivity contribution in [2.24, 2.45) is 0 Å². The van der Waals surface area contributed by atoms with Crippen LogP contribution in [0.5, 0.6) is 0 Å². The average molecular weight is 329 g/mol. The van der Waals surface area contributed by atoms with Crippen LogP contribution in [-0.2, 0) is 10.0 Å². The lowest BCUT2D eigenvalue weighted by atomic mass is 10.2. The summed E-state index contributed by atoms with van der Waals surface area (Å²) in [5.41, 5.74) is 2.56. The van der Waals surface area contributed by atoms with Crippen molar-refractivity contribution in [2.45, 2.75) is 6.92 Å². The van der Waals surface area contributed by atoms with Crippen molar-refractivity contribution in [2.75, 3.05) is 4.72 Å². The topological polar surface area (TPSA) is 46.2 Å². The molecule has 2 aromatic carbocycles. The Labute approximate surface area is 134 Å². The number of hydrogen-bond acceptors (Lipinski definition) is 3. The largest absolute Gasteiger partial charge is 0.280 e. The van der Waals surface area contributed by atoms with E-state index in [2.05, 4.69) is 4.72 Å². The van der Waals surface area contributed by atoms with E-state index in [4.69, 9.17) is 0 Å². The highest BCUT2D eigenvalue weighted by atomic mass is 32.2. The number of anilines is 1. The summed E-state index contributed by atoms with van der Waals surface area (Å²) < 4.78 is 27.9. The summed E-state index contributed by atoms with van der Waals surface area (Å²) >= 11 is 1.63. The maximum Gasteiger partial charge on any atom is 0.255 e. The number of fused-ring (bicyclic) bond motifs is 1. The minimum atomic E-state index is -3.52. The van der Waals surface area contributed by atoms with Gasteiger partial charge in [0.2, 0.25) is 0 Å². The van der Waals surface area contributed by atoms with Gasteiger partial charge in [0.05, 0.1) is 5.41 Å². The van der Waals surface area contributed by atoms with Crippen LogP contribution in [0.25, 0.3) is 16.2 Å². The quantitative estimate of drug-likeness (QED) is 0.759. The Balaban J connectivity index is 1.79. The molecule has 22 heavy (non-hydrogen) atoms. The summed E-state index contributed by atoms with van der Waals surface area (Å²) in [4.78, 5) is 0. The first-order valence-corrected chi connectivity index (χ1v) is 9.19. The van der Waals surface area contributed by atoms with Crippen molar-refractivity contribution in [3.05, 3.63) is 70.4 Å². The second-order valence-corrected chi connectivity index (χ2v) is 7.55. The van der Waals surface area contributed by atoms with Gasteiger partial charge in [-0.1, -0.05) is 29.8 Å². The summed E-state index contributed by atoms with van der Waals surface area (Å²) in [6.45, 7) is 1.99. The number of sulfonamides is 1. The number of hydrogen-bond donors (Lipinski definition) is 1. The minimum Gasteiger partial charge on any atom is -0.280 e. The first-order chi connectivity index (χ1) is 10.5. The third-order valence-corrected chi connectivity index (χ3v) is 5.14. The zero-order valence-corrected chi connectivity index (χ0v) is 13.6. The highest BCUT2D eigenvalue weighted by Crippen LogP contribution is 2.24. The molecule has 0 aliphatic carbocycles. The minimum absolute atomic E-state index is 0.569. The van der Waals surface area contributed by atoms with Gasteiger partial charge in [-0.05, 0) is 53.6 Å². The van der Waals surface area contributed by atoms with Gasteiger partial charge in [0.1, 0.15) is 0 Å². The monoisotopic (exact) mass is 329 g/mol. The molecule has 0 spiro atoms. The highest BCUT2D eigenvalue weighted by Gasteiger charge is 2.06. The summed E-state index contributed by atoms with van der Waals surface area (Å²) in [7, 11) is -3.52. The Kier molecular flexibility index (Phi) is 4.00. The Bertz CT molecular complexity index is 923. The lowest BCUT2D eigenvalue weighted by Crippen LogP contribution is -2.08. The predicted octanol–water partition coefficient (Wildman–Crippen LogP) is 4.62. The fourth-order valence-corrected chi connectivity index (χ4v) is 3.70. The number of rotatable bonds is 4. The van der Waals surface area contributed by atoms with Crippen molar-refractivity contribution in [1.29, 1.82) is 0 Å². The molecule has 112 valence electrons. The van der Waals surface area contributed by atoms with E-state index in [9.17, 15) is 8.42 Å². The highest BCUT2D eigenvalue weighted by molar-refractivity contribution is 7.95. The second kappa shape index (κ2) is 5.94. The zero-order chi connectivity index (χ0) is 15.6. The van der Waals surface area contributed by atoms with E-state index in [1.165, 1.54) is 5.41 Å². The van der Waals surface area contributed by atoms with Crippen LogP contribution in [0.2, 0.25) is 0 Å². The van der Waals surface area contributed by atoms with Crippen LogP contribution in [0.3, 0.4) is 0 Å². The molecule has 1 N–H and O–H groups in total. The lowest BCUT2D eigenvalue weighted by molar-refractivity contribution is 0.609. The molecule has 0 unspecified atom stereocenters. The van der Waals surface area contributed by atoms with Gasteiger partial charge in [-0.25, -0.2) is 8.42 Å². The van der Waals surface area contributed by atoms with Crippen LogP contribution >= 0.6 is 11.3 Å². The molecule has 0 bridgehead atoms. The average Bonchev–Trinajstić information content (AvgIpc) is 2.94. The number of benzene rings is 2. The molecule has 0 aliphatic heterocycles. The van der Waals surface area contributed by atoms with E-state index in [0.29, 0.717) is 5.69 Å². The van der Waals surface area contributed by atoms with Gasteiger partial charge < -0.3 is 0 Å². The molecule has 1 aromatic heterocycles. The summed E-state index contributed by atoms with van der Waals surface area (Å²) in [6, 6.07) is 15.2. The molecule has 0 amide bonds. The van der Waals surface area contributed by atoms with Gasteiger partial charge in [0.15, 0.2) is 0 Å². The van der Waals surface area contributed by atoms with E-state index in [-0.39, 0.29) is 0 Å². The fraction of sp³-hybridized carbons (Fsp3) is 0.0588. The number of nitrogens with one attached hydrogen (secondary N) is 1. The van der Waals surface area contributed by atoms with Crippen molar-refractivity contribution in [3.63, 3.8) is 0 Å². The molecule has 0 aliphatic rings. The SMILES string of the molecule is Cc1ccc(/C=C/S(=O)(=O)Nc2ccc3sccc3c2)cc1. The molecule has 3 nitrogen and oxygen atoms in total. The fourth-order valence-electron chi connectivity index (χ4n) is 2.07. The van der Waals surface area contributed by atoms with Crippen molar-refractivity contribution in [1.82, 2.24) is 0 Å². The molecule has 0 fully saturated rings. The molecule has 0 radical (unpaired) electrons. The number of aryl methyl sites for hydroxylation is 1. The Morgan fingerprint density at radius 2 is 1.82 bits per heavy atom. The summed E-state index contributed by atoms with van der Waals surface area (Å²) in [5, 5.41) is 4.21. The van der Waals surface area contributed by atoms with E-state index >= 15 is 0 Å². The van der Waals surface area contributed by atoms with Gasteiger partial charge in [-0.15, -0.1) is 11.3 Å². The molecule has 0 saturated heterocycles. The van der Waals surface area contributed by atoms with Crippen LogP contribution in [0.1, 0.15) is 11.1 Å². The van der Waals surface area contributed by atoms with E-state index < -0.39 is 10.0 Å². The van der Waals surface area contributed by atoms with Crippen LogP contribution in [0.15, 0.2) is 59.3 Å². The van der Waals surface area contributed by atoms with Gasteiger partial charge in [0.25, 0.3) is 10.0 Å². The zero-order valence-electron chi connectivity index (χ0n) is 12.0. The smallest absolute Gasteiger partial charge is 0.255 e. The van der Waals surface area contributed by atoms with Crippen LogP contribution in [0, 0.1) is 6.92 Å². The molecule has 3 rings (SSSR count). The third kappa shape index (κ3) is 3.55. The van der Waals surface area contributed by atoms with Gasteiger partial charge >= 0.3 is 0 Å². The standard InChI is InChI=1S/C17H15NO2S2/c1-13-2-4-14(5-3-13)9-11-22(19,20)18-16-6-7-17-15(12-16)8-10-21-17/h2-12,18H,1H3/b11-9+. The van der Waals surface area contributed by atoms with Crippen LogP contribution in [0.4, 0.5) is 5.69 Å².